The van der Waals surface area contributed by atoms with Crippen molar-refractivity contribution >= 4 is 11.8 Å². The first-order valence-corrected chi connectivity index (χ1v) is 6.60. The largest absolute Gasteiger partial charge is 0.459 e. The monoisotopic (exact) mass is 278 g/mol. The standard InChI is InChI=1S/C16H22O4/c1-12(18)16(11-17,14(19)20-15(2,3)4)10-13-8-6-5-7-9-13/h5-9,17H,10-11H2,1-4H3/t16-/m0/s1. The second kappa shape index (κ2) is 6.18. The molecular formula is C16H22O4. The quantitative estimate of drug-likeness (QED) is 0.662. The first-order valence-electron chi connectivity index (χ1n) is 6.60. The zero-order chi connectivity index (χ0) is 15.4. The van der Waals surface area contributed by atoms with Crippen LogP contribution in [0.3, 0.4) is 0 Å². The number of carbonyl (C=O) groups excluding carboxylic acids is 2. The van der Waals surface area contributed by atoms with Gasteiger partial charge in [0.1, 0.15) is 11.4 Å². The zero-order valence-corrected chi connectivity index (χ0v) is 12.5. The predicted molar refractivity (Wildman–Crippen MR) is 76.2 cm³/mol. The molecule has 0 saturated carbocycles. The van der Waals surface area contributed by atoms with Gasteiger partial charge in [-0.25, -0.2) is 0 Å². The minimum absolute atomic E-state index is 0.134. The number of ether oxygens (including phenoxy) is 1. The molecule has 4 heteroatoms. The van der Waals surface area contributed by atoms with Crippen LogP contribution >= 0.6 is 0 Å². The number of hydrogen-bond acceptors (Lipinski definition) is 4. The molecule has 0 unspecified atom stereocenters. The fourth-order valence-electron chi connectivity index (χ4n) is 1.89. The van der Waals surface area contributed by atoms with Crippen molar-refractivity contribution in [2.45, 2.75) is 39.7 Å². The number of aliphatic hydroxyl groups excluding tert-OH is 1. The van der Waals surface area contributed by atoms with Gasteiger partial charge in [0, 0.05) is 0 Å². The minimum atomic E-state index is -1.53. The van der Waals surface area contributed by atoms with Crippen LogP contribution in [-0.2, 0) is 20.7 Å². The molecule has 20 heavy (non-hydrogen) atoms. The molecule has 0 bridgehead atoms. The van der Waals surface area contributed by atoms with E-state index in [1.54, 1.807) is 20.8 Å². The van der Waals surface area contributed by atoms with E-state index in [9.17, 15) is 14.7 Å². The highest BCUT2D eigenvalue weighted by Crippen LogP contribution is 2.28. The van der Waals surface area contributed by atoms with Crippen molar-refractivity contribution in [3.05, 3.63) is 35.9 Å². The van der Waals surface area contributed by atoms with Crippen molar-refractivity contribution in [1.29, 1.82) is 0 Å². The number of hydrogen-bond donors (Lipinski definition) is 1. The molecule has 0 aromatic heterocycles. The lowest BCUT2D eigenvalue weighted by atomic mass is 9.78. The minimum Gasteiger partial charge on any atom is -0.459 e. The maximum atomic E-state index is 12.4. The Balaban J connectivity index is 3.10. The SMILES string of the molecule is CC(=O)[C@@](CO)(Cc1ccccc1)C(=O)OC(C)(C)C. The van der Waals surface area contributed by atoms with Gasteiger partial charge < -0.3 is 9.84 Å². The number of rotatable bonds is 5. The molecule has 1 rings (SSSR count). The average molecular weight is 278 g/mol. The summed E-state index contributed by atoms with van der Waals surface area (Å²) in [5.41, 5.74) is -1.43. The lowest BCUT2D eigenvalue weighted by Gasteiger charge is -2.31. The van der Waals surface area contributed by atoms with E-state index < -0.39 is 29.4 Å². The van der Waals surface area contributed by atoms with Crippen molar-refractivity contribution in [3.63, 3.8) is 0 Å². The molecule has 0 spiro atoms. The zero-order valence-electron chi connectivity index (χ0n) is 12.5. The van der Waals surface area contributed by atoms with Crippen molar-refractivity contribution in [3.8, 4) is 0 Å². The summed E-state index contributed by atoms with van der Waals surface area (Å²) >= 11 is 0. The van der Waals surface area contributed by atoms with Crippen molar-refractivity contribution < 1.29 is 19.4 Å². The van der Waals surface area contributed by atoms with Crippen LogP contribution in [0, 0.1) is 5.41 Å². The lowest BCUT2D eigenvalue weighted by molar-refractivity contribution is -0.172. The molecule has 110 valence electrons. The summed E-state index contributed by atoms with van der Waals surface area (Å²) in [6, 6.07) is 9.14. The molecule has 1 aromatic carbocycles. The maximum Gasteiger partial charge on any atom is 0.322 e. The smallest absolute Gasteiger partial charge is 0.322 e. The van der Waals surface area contributed by atoms with Gasteiger partial charge in [0.2, 0.25) is 0 Å². The van der Waals surface area contributed by atoms with Crippen molar-refractivity contribution in [1.82, 2.24) is 0 Å². The Hall–Kier alpha value is -1.68. The number of ketones is 1. The summed E-state index contributed by atoms with van der Waals surface area (Å²) in [5.74, 6) is -1.07. The molecule has 1 aromatic rings. The van der Waals surface area contributed by atoms with Crippen LogP contribution in [0.4, 0.5) is 0 Å². The first-order chi connectivity index (χ1) is 9.21. The highest BCUT2D eigenvalue weighted by Gasteiger charge is 2.45. The summed E-state index contributed by atoms with van der Waals surface area (Å²) in [6.45, 7) is 5.94. The second-order valence-corrected chi connectivity index (χ2v) is 5.96. The normalized spacial score (nSPS) is 14.4. The van der Waals surface area contributed by atoms with Gasteiger partial charge in [-0.1, -0.05) is 30.3 Å². The van der Waals surface area contributed by atoms with Gasteiger partial charge in [0.25, 0.3) is 0 Å². The van der Waals surface area contributed by atoms with Gasteiger partial charge in [-0.15, -0.1) is 0 Å². The van der Waals surface area contributed by atoms with Crippen LogP contribution in [0.5, 0.6) is 0 Å². The van der Waals surface area contributed by atoms with E-state index in [1.165, 1.54) is 6.92 Å². The van der Waals surface area contributed by atoms with Crippen molar-refractivity contribution in [2.24, 2.45) is 5.41 Å². The molecule has 0 heterocycles. The fourth-order valence-corrected chi connectivity index (χ4v) is 1.89. The highest BCUT2D eigenvalue weighted by atomic mass is 16.6. The van der Waals surface area contributed by atoms with E-state index >= 15 is 0 Å². The average Bonchev–Trinajstić information content (AvgIpc) is 2.34. The summed E-state index contributed by atoms with van der Waals surface area (Å²) in [6.07, 6.45) is 0.134. The molecule has 0 aliphatic rings. The van der Waals surface area contributed by atoms with Crippen LogP contribution in [-0.4, -0.2) is 29.1 Å². The van der Waals surface area contributed by atoms with Crippen LogP contribution in [0.2, 0.25) is 0 Å². The Morgan fingerprint density at radius 3 is 2.10 bits per heavy atom. The third-order valence-electron chi connectivity index (χ3n) is 3.08. The molecule has 0 fully saturated rings. The van der Waals surface area contributed by atoms with Crippen LogP contribution in [0.1, 0.15) is 33.3 Å². The van der Waals surface area contributed by atoms with Gasteiger partial charge in [-0.3, -0.25) is 9.59 Å². The Morgan fingerprint density at radius 1 is 1.15 bits per heavy atom. The summed E-state index contributed by atoms with van der Waals surface area (Å²) < 4.78 is 5.31. The second-order valence-electron chi connectivity index (χ2n) is 5.96. The number of benzene rings is 1. The van der Waals surface area contributed by atoms with Gasteiger partial charge in [-0.05, 0) is 39.7 Å². The molecular weight excluding hydrogens is 256 g/mol. The predicted octanol–water partition coefficient (Wildman–Crippen LogP) is 2.14. The number of Topliss-reactive ketones (excluding diaryl/α,β-unsaturated/α-hetero) is 1. The topological polar surface area (TPSA) is 63.6 Å². The van der Waals surface area contributed by atoms with Gasteiger partial charge in [0.15, 0.2) is 5.41 Å². The molecule has 0 aliphatic heterocycles. The highest BCUT2D eigenvalue weighted by molar-refractivity contribution is 6.03. The van der Waals surface area contributed by atoms with Crippen molar-refractivity contribution in [2.75, 3.05) is 6.61 Å². The number of aliphatic hydroxyl groups is 1. The Bertz CT molecular complexity index is 473. The lowest BCUT2D eigenvalue weighted by Crippen LogP contribution is -2.47. The van der Waals surface area contributed by atoms with E-state index in [-0.39, 0.29) is 6.42 Å². The molecule has 0 saturated heterocycles. The van der Waals surface area contributed by atoms with Crippen LogP contribution < -0.4 is 0 Å². The molecule has 0 amide bonds. The maximum absolute atomic E-state index is 12.4. The van der Waals surface area contributed by atoms with E-state index in [2.05, 4.69) is 0 Å². The van der Waals surface area contributed by atoms with E-state index in [1.807, 2.05) is 30.3 Å². The van der Waals surface area contributed by atoms with Crippen LogP contribution in [0.25, 0.3) is 0 Å². The third-order valence-corrected chi connectivity index (χ3v) is 3.08. The van der Waals surface area contributed by atoms with Gasteiger partial charge in [0.05, 0.1) is 6.61 Å². The van der Waals surface area contributed by atoms with Crippen LogP contribution in [0.15, 0.2) is 30.3 Å². The fraction of sp³-hybridized carbons (Fsp3) is 0.500. The third kappa shape index (κ3) is 3.90. The Labute approximate surface area is 119 Å². The number of esters is 1. The number of carbonyl (C=O) groups is 2. The Morgan fingerprint density at radius 2 is 1.70 bits per heavy atom. The van der Waals surface area contributed by atoms with E-state index in [0.717, 1.165) is 5.56 Å². The summed E-state index contributed by atoms with van der Waals surface area (Å²) in [5, 5.41) is 9.65. The van der Waals surface area contributed by atoms with E-state index in [0.29, 0.717) is 0 Å². The molecule has 0 aliphatic carbocycles. The van der Waals surface area contributed by atoms with Gasteiger partial charge >= 0.3 is 5.97 Å². The molecule has 4 nitrogen and oxygen atoms in total. The molecule has 0 radical (unpaired) electrons. The van der Waals surface area contributed by atoms with Gasteiger partial charge in [-0.2, -0.15) is 0 Å². The Kier molecular flexibility index (Phi) is 5.06. The molecule has 1 atom stereocenters. The molecule has 1 N–H and O–H groups in total. The summed E-state index contributed by atoms with van der Waals surface area (Å²) in [7, 11) is 0. The summed E-state index contributed by atoms with van der Waals surface area (Å²) in [4.78, 5) is 24.3. The van der Waals surface area contributed by atoms with E-state index in [4.69, 9.17) is 4.74 Å². The first kappa shape index (κ1) is 16.4.